The van der Waals surface area contributed by atoms with E-state index in [4.69, 9.17) is 10.1 Å². The molecule has 2 fully saturated rings. The Morgan fingerprint density at radius 3 is 2.73 bits per heavy atom. The Labute approximate surface area is 156 Å². The maximum atomic E-state index is 11.5. The van der Waals surface area contributed by atoms with Gasteiger partial charge in [-0.2, -0.15) is 0 Å². The summed E-state index contributed by atoms with van der Waals surface area (Å²) in [5, 5.41) is 8.62. The second-order valence-corrected chi connectivity index (χ2v) is 9.16. The van der Waals surface area contributed by atoms with Crippen LogP contribution in [0.2, 0.25) is 0 Å². The standard InChI is InChI=1S/C19H30N4O2S/c1-2-21-18(23-12-11-19(15-23)9-4-3-5-10-19)22-14-16-7-6-8-17(13-16)26(20,24)25/h6-8,13H,2-5,9-12,14-15H2,1H3,(H,21,22)(H2,20,24,25). The summed E-state index contributed by atoms with van der Waals surface area (Å²) in [6, 6.07) is 6.72. The highest BCUT2D eigenvalue weighted by Gasteiger charge is 2.39. The summed E-state index contributed by atoms with van der Waals surface area (Å²) in [6.45, 7) is 5.46. The van der Waals surface area contributed by atoms with Crippen LogP contribution < -0.4 is 10.5 Å². The first-order chi connectivity index (χ1) is 12.4. The van der Waals surface area contributed by atoms with Crippen LogP contribution >= 0.6 is 0 Å². The molecule has 3 N–H and O–H groups in total. The second-order valence-electron chi connectivity index (χ2n) is 7.59. The summed E-state index contributed by atoms with van der Waals surface area (Å²) < 4.78 is 23.1. The molecule has 1 aromatic rings. The fourth-order valence-corrected chi connectivity index (χ4v) is 4.82. The van der Waals surface area contributed by atoms with Gasteiger partial charge in [0, 0.05) is 19.6 Å². The van der Waals surface area contributed by atoms with Gasteiger partial charge in [0.15, 0.2) is 5.96 Å². The van der Waals surface area contributed by atoms with Crippen molar-refractivity contribution < 1.29 is 8.42 Å². The monoisotopic (exact) mass is 378 g/mol. The van der Waals surface area contributed by atoms with Crippen LogP contribution in [0, 0.1) is 5.41 Å². The topological polar surface area (TPSA) is 87.8 Å². The molecule has 144 valence electrons. The van der Waals surface area contributed by atoms with Gasteiger partial charge in [0.2, 0.25) is 10.0 Å². The van der Waals surface area contributed by atoms with Crippen LogP contribution in [0.1, 0.15) is 51.0 Å². The number of hydrogen-bond donors (Lipinski definition) is 2. The molecule has 0 aromatic heterocycles. The predicted octanol–water partition coefficient (Wildman–Crippen LogP) is 2.46. The largest absolute Gasteiger partial charge is 0.357 e. The smallest absolute Gasteiger partial charge is 0.238 e. The van der Waals surface area contributed by atoms with Crippen molar-refractivity contribution in [2.45, 2.75) is 56.9 Å². The molecular weight excluding hydrogens is 348 g/mol. The molecule has 0 radical (unpaired) electrons. The number of aliphatic imine (C=N–C) groups is 1. The Morgan fingerprint density at radius 2 is 2.04 bits per heavy atom. The average Bonchev–Trinajstić information content (AvgIpc) is 3.02. The van der Waals surface area contributed by atoms with E-state index in [1.165, 1.54) is 44.6 Å². The summed E-state index contributed by atoms with van der Waals surface area (Å²) in [5.74, 6) is 0.927. The van der Waals surface area contributed by atoms with Gasteiger partial charge < -0.3 is 10.2 Å². The van der Waals surface area contributed by atoms with Gasteiger partial charge >= 0.3 is 0 Å². The molecule has 0 atom stereocenters. The molecule has 2 aliphatic rings. The van der Waals surface area contributed by atoms with E-state index in [9.17, 15) is 8.42 Å². The number of nitrogens with two attached hydrogens (primary N) is 1. The zero-order valence-corrected chi connectivity index (χ0v) is 16.4. The molecule has 0 bridgehead atoms. The number of hydrogen-bond acceptors (Lipinski definition) is 3. The number of likely N-dealkylation sites (tertiary alicyclic amines) is 1. The van der Waals surface area contributed by atoms with Gasteiger partial charge in [-0.25, -0.2) is 18.5 Å². The number of rotatable bonds is 4. The molecule has 0 unspecified atom stereocenters. The van der Waals surface area contributed by atoms with Crippen LogP contribution in [0.3, 0.4) is 0 Å². The van der Waals surface area contributed by atoms with Gasteiger partial charge in [-0.05, 0) is 49.3 Å². The molecule has 0 amide bonds. The van der Waals surface area contributed by atoms with E-state index in [-0.39, 0.29) is 4.90 Å². The van der Waals surface area contributed by atoms with Gasteiger partial charge in [0.1, 0.15) is 0 Å². The lowest BCUT2D eigenvalue weighted by atomic mass is 9.73. The van der Waals surface area contributed by atoms with Crippen LogP contribution in [0.4, 0.5) is 0 Å². The maximum absolute atomic E-state index is 11.5. The molecule has 1 heterocycles. The lowest BCUT2D eigenvalue weighted by molar-refractivity contribution is 0.203. The van der Waals surface area contributed by atoms with E-state index < -0.39 is 10.0 Å². The Bertz CT molecular complexity index is 755. The number of nitrogens with zero attached hydrogens (tertiary/aromatic N) is 2. The third kappa shape index (κ3) is 4.57. The third-order valence-electron chi connectivity index (χ3n) is 5.63. The minimum absolute atomic E-state index is 0.137. The fourth-order valence-electron chi connectivity index (χ4n) is 4.24. The fraction of sp³-hybridized carbons (Fsp3) is 0.632. The summed E-state index contributed by atoms with van der Waals surface area (Å²) in [6.07, 6.45) is 7.98. The molecule has 1 aromatic carbocycles. The van der Waals surface area contributed by atoms with Crippen molar-refractivity contribution in [3.63, 3.8) is 0 Å². The molecule has 7 heteroatoms. The lowest BCUT2D eigenvalue weighted by Gasteiger charge is -2.33. The van der Waals surface area contributed by atoms with Crippen LogP contribution in [-0.2, 0) is 16.6 Å². The zero-order chi connectivity index (χ0) is 18.6. The molecule has 6 nitrogen and oxygen atoms in total. The molecule has 26 heavy (non-hydrogen) atoms. The molecule has 1 spiro atoms. The first-order valence-electron chi connectivity index (χ1n) is 9.57. The minimum atomic E-state index is -3.68. The van der Waals surface area contributed by atoms with Crippen LogP contribution in [-0.4, -0.2) is 38.9 Å². The van der Waals surface area contributed by atoms with Gasteiger partial charge in [-0.3, -0.25) is 0 Å². The van der Waals surface area contributed by atoms with E-state index in [0.29, 0.717) is 12.0 Å². The highest BCUT2D eigenvalue weighted by Crippen LogP contribution is 2.43. The lowest BCUT2D eigenvalue weighted by Crippen LogP contribution is -2.41. The van der Waals surface area contributed by atoms with Gasteiger partial charge in [0.05, 0.1) is 11.4 Å². The Kier molecular flexibility index (Phi) is 5.87. The summed E-state index contributed by atoms with van der Waals surface area (Å²) in [5.41, 5.74) is 1.32. The van der Waals surface area contributed by atoms with Crippen LogP contribution in [0.15, 0.2) is 34.2 Å². The highest BCUT2D eigenvalue weighted by molar-refractivity contribution is 7.89. The van der Waals surface area contributed by atoms with Crippen molar-refractivity contribution in [3.05, 3.63) is 29.8 Å². The number of primary sulfonamides is 1. The van der Waals surface area contributed by atoms with E-state index in [2.05, 4.69) is 17.1 Å². The van der Waals surface area contributed by atoms with Crippen molar-refractivity contribution in [1.82, 2.24) is 10.2 Å². The van der Waals surface area contributed by atoms with Crippen molar-refractivity contribution in [1.29, 1.82) is 0 Å². The number of benzene rings is 1. The van der Waals surface area contributed by atoms with Crippen LogP contribution in [0.5, 0.6) is 0 Å². The van der Waals surface area contributed by atoms with Gasteiger partial charge in [0.25, 0.3) is 0 Å². The average molecular weight is 379 g/mol. The summed E-state index contributed by atoms with van der Waals surface area (Å²) in [4.78, 5) is 7.27. The first-order valence-corrected chi connectivity index (χ1v) is 11.1. The summed E-state index contributed by atoms with van der Waals surface area (Å²) in [7, 11) is -3.68. The second kappa shape index (κ2) is 7.96. The highest BCUT2D eigenvalue weighted by atomic mass is 32.2. The Hall–Kier alpha value is -1.60. The van der Waals surface area contributed by atoms with E-state index in [1.807, 2.05) is 6.07 Å². The molecule has 1 aliphatic heterocycles. The Morgan fingerprint density at radius 1 is 1.27 bits per heavy atom. The van der Waals surface area contributed by atoms with Crippen LogP contribution in [0.25, 0.3) is 0 Å². The summed E-state index contributed by atoms with van der Waals surface area (Å²) >= 11 is 0. The maximum Gasteiger partial charge on any atom is 0.238 e. The van der Waals surface area contributed by atoms with Gasteiger partial charge in [-0.1, -0.05) is 31.4 Å². The normalized spacial score (nSPS) is 20.5. The van der Waals surface area contributed by atoms with Crippen molar-refractivity contribution >= 4 is 16.0 Å². The first kappa shape index (κ1) is 19.2. The molecule has 3 rings (SSSR count). The van der Waals surface area contributed by atoms with Gasteiger partial charge in [-0.15, -0.1) is 0 Å². The molecule has 1 aliphatic carbocycles. The molecule has 1 saturated heterocycles. The van der Waals surface area contributed by atoms with Crippen molar-refractivity contribution in [3.8, 4) is 0 Å². The Balaban J connectivity index is 1.72. The molecular formula is C19H30N4O2S. The third-order valence-corrected chi connectivity index (χ3v) is 6.54. The molecule has 1 saturated carbocycles. The minimum Gasteiger partial charge on any atom is -0.357 e. The van der Waals surface area contributed by atoms with E-state index >= 15 is 0 Å². The van der Waals surface area contributed by atoms with Crippen molar-refractivity contribution in [2.24, 2.45) is 15.5 Å². The van der Waals surface area contributed by atoms with Crippen molar-refractivity contribution in [2.75, 3.05) is 19.6 Å². The van der Waals surface area contributed by atoms with E-state index in [1.54, 1.807) is 12.1 Å². The number of guanidine groups is 1. The SMILES string of the molecule is CCNC(=NCc1cccc(S(N)(=O)=O)c1)N1CCC2(CCCCC2)C1. The zero-order valence-electron chi connectivity index (χ0n) is 15.6. The number of nitrogens with one attached hydrogen (secondary N) is 1. The quantitative estimate of drug-likeness (QED) is 0.622. The van der Waals surface area contributed by atoms with E-state index in [0.717, 1.165) is 31.2 Å². The predicted molar refractivity (Wildman–Crippen MR) is 104 cm³/mol. The number of sulfonamides is 1.